The highest BCUT2D eigenvalue weighted by atomic mass is 16.4. The number of hydrogen-bond donors (Lipinski definition) is 5. The fourth-order valence-corrected chi connectivity index (χ4v) is 4.87. The second kappa shape index (κ2) is 9.49. The van der Waals surface area contributed by atoms with Crippen LogP contribution in [0.3, 0.4) is 0 Å². The Balaban J connectivity index is 1.54. The maximum Gasteiger partial charge on any atom is 0.307 e. The van der Waals surface area contributed by atoms with Crippen molar-refractivity contribution in [1.29, 1.82) is 0 Å². The fourth-order valence-electron chi connectivity index (χ4n) is 4.87. The van der Waals surface area contributed by atoms with Crippen molar-refractivity contribution in [2.75, 3.05) is 31.5 Å². The van der Waals surface area contributed by atoms with Gasteiger partial charge in [-0.2, -0.15) is 0 Å². The van der Waals surface area contributed by atoms with Crippen LogP contribution in [-0.2, 0) is 9.59 Å². The molecule has 0 amide bonds. The molecule has 0 spiro atoms. The predicted molar refractivity (Wildman–Crippen MR) is 119 cm³/mol. The summed E-state index contributed by atoms with van der Waals surface area (Å²) in [4.78, 5) is 23.4. The first kappa shape index (κ1) is 21.3. The molecule has 31 heavy (non-hydrogen) atoms. The number of rotatable bonds is 6. The van der Waals surface area contributed by atoms with Gasteiger partial charge in [-0.25, -0.2) is 0 Å². The van der Waals surface area contributed by atoms with E-state index in [1.165, 1.54) is 0 Å². The highest BCUT2D eigenvalue weighted by Crippen LogP contribution is 2.33. The number of benzene rings is 2. The molecule has 2 aliphatic rings. The standard InChI is InChI=1S/C24H29N3O4/c28-23(29)19-7-9-25-13-21(19)15-3-1-5-17(11-15)27-18-6-2-4-16(12-18)22-14-26-10-8-20(22)24(30)31/h1-6,11-12,19-22,25-27H,7-10,13-14H2,(H,28,29)(H,30,31)/t19-,20-,21+,22+/m1/s1. The average molecular weight is 424 g/mol. The SMILES string of the molecule is O=C(O)[C@@H]1CCNC[C@H]1c1cccc(Nc2cccc([C@@H]3CNCC[C@H]3C(=O)O)c2)c1. The summed E-state index contributed by atoms with van der Waals surface area (Å²) in [6.45, 7) is 2.76. The van der Waals surface area contributed by atoms with Crippen LogP contribution in [0.2, 0.25) is 0 Å². The Bertz CT molecular complexity index is 872. The second-order valence-electron chi connectivity index (χ2n) is 8.46. The summed E-state index contributed by atoms with van der Waals surface area (Å²) in [6, 6.07) is 15.8. The van der Waals surface area contributed by atoms with Gasteiger partial charge in [0.2, 0.25) is 0 Å². The summed E-state index contributed by atoms with van der Waals surface area (Å²) in [7, 11) is 0. The Morgan fingerprint density at radius 1 is 0.774 bits per heavy atom. The molecule has 2 heterocycles. The maximum atomic E-state index is 11.7. The molecule has 2 aliphatic heterocycles. The van der Waals surface area contributed by atoms with E-state index in [2.05, 4.69) is 16.0 Å². The Hall–Kier alpha value is -2.90. The van der Waals surface area contributed by atoms with Crippen molar-refractivity contribution in [3.63, 3.8) is 0 Å². The van der Waals surface area contributed by atoms with Gasteiger partial charge in [-0.15, -0.1) is 0 Å². The van der Waals surface area contributed by atoms with E-state index >= 15 is 0 Å². The first-order valence-corrected chi connectivity index (χ1v) is 10.9. The van der Waals surface area contributed by atoms with E-state index in [1.807, 2.05) is 48.5 Å². The molecule has 2 saturated heterocycles. The Kier molecular flexibility index (Phi) is 6.53. The van der Waals surface area contributed by atoms with Crippen molar-refractivity contribution in [3.05, 3.63) is 59.7 Å². The molecule has 4 atom stereocenters. The van der Waals surface area contributed by atoms with Crippen molar-refractivity contribution in [1.82, 2.24) is 10.6 Å². The number of hydrogen-bond acceptors (Lipinski definition) is 5. The number of carboxylic acids is 2. The van der Waals surface area contributed by atoms with Gasteiger partial charge in [0.1, 0.15) is 0 Å². The first-order chi connectivity index (χ1) is 15.0. The number of carboxylic acid groups (broad SMARTS) is 2. The summed E-state index contributed by atoms with van der Waals surface area (Å²) in [6.07, 6.45) is 1.25. The van der Waals surface area contributed by atoms with Gasteiger partial charge in [0, 0.05) is 36.3 Å². The van der Waals surface area contributed by atoms with Crippen LogP contribution in [0.4, 0.5) is 11.4 Å². The van der Waals surface area contributed by atoms with Crippen LogP contribution in [0, 0.1) is 11.8 Å². The molecule has 2 aromatic rings. The van der Waals surface area contributed by atoms with E-state index in [9.17, 15) is 19.8 Å². The van der Waals surface area contributed by atoms with Crippen molar-refractivity contribution >= 4 is 23.3 Å². The van der Waals surface area contributed by atoms with E-state index in [0.29, 0.717) is 25.9 Å². The Morgan fingerprint density at radius 3 is 1.65 bits per heavy atom. The first-order valence-electron chi connectivity index (χ1n) is 10.9. The maximum absolute atomic E-state index is 11.7. The van der Waals surface area contributed by atoms with Crippen molar-refractivity contribution < 1.29 is 19.8 Å². The highest BCUT2D eigenvalue weighted by molar-refractivity contribution is 5.73. The van der Waals surface area contributed by atoms with Gasteiger partial charge in [0.15, 0.2) is 0 Å². The molecule has 4 rings (SSSR count). The van der Waals surface area contributed by atoms with Crippen LogP contribution in [0.25, 0.3) is 0 Å². The van der Waals surface area contributed by atoms with Crippen molar-refractivity contribution in [2.24, 2.45) is 11.8 Å². The van der Waals surface area contributed by atoms with Gasteiger partial charge >= 0.3 is 11.9 Å². The van der Waals surface area contributed by atoms with E-state index < -0.39 is 11.9 Å². The van der Waals surface area contributed by atoms with Gasteiger partial charge in [-0.05, 0) is 61.3 Å². The minimum absolute atomic E-state index is 0.0658. The van der Waals surface area contributed by atoms with Crippen LogP contribution in [0.5, 0.6) is 0 Å². The van der Waals surface area contributed by atoms with E-state index in [1.54, 1.807) is 0 Å². The lowest BCUT2D eigenvalue weighted by atomic mass is 9.81. The molecule has 2 fully saturated rings. The normalized spacial score (nSPS) is 26.2. The third-order valence-corrected chi connectivity index (χ3v) is 6.52. The summed E-state index contributed by atoms with van der Waals surface area (Å²) in [5.74, 6) is -2.38. The number of piperidine rings is 2. The second-order valence-corrected chi connectivity index (χ2v) is 8.46. The lowest BCUT2D eigenvalue weighted by Gasteiger charge is -2.30. The Labute approximate surface area is 181 Å². The zero-order valence-electron chi connectivity index (χ0n) is 17.4. The third kappa shape index (κ3) is 4.89. The highest BCUT2D eigenvalue weighted by Gasteiger charge is 2.33. The number of carbonyl (C=O) groups is 2. The quantitative estimate of drug-likeness (QED) is 0.486. The lowest BCUT2D eigenvalue weighted by molar-refractivity contribution is -0.144. The average Bonchev–Trinajstić information content (AvgIpc) is 2.79. The van der Waals surface area contributed by atoms with Gasteiger partial charge in [-0.1, -0.05) is 24.3 Å². The minimum atomic E-state index is -0.744. The largest absolute Gasteiger partial charge is 0.481 e. The van der Waals surface area contributed by atoms with Crippen LogP contribution in [0.1, 0.15) is 35.8 Å². The predicted octanol–water partition coefficient (Wildman–Crippen LogP) is 2.99. The molecule has 5 N–H and O–H groups in total. The molecule has 0 aromatic heterocycles. The minimum Gasteiger partial charge on any atom is -0.481 e. The summed E-state index contributed by atoms with van der Waals surface area (Å²) in [5.41, 5.74) is 3.79. The molecular formula is C24H29N3O4. The smallest absolute Gasteiger partial charge is 0.307 e. The molecule has 2 aromatic carbocycles. The topological polar surface area (TPSA) is 111 Å². The molecule has 0 aliphatic carbocycles. The molecule has 0 saturated carbocycles. The molecule has 0 bridgehead atoms. The molecule has 0 unspecified atom stereocenters. The van der Waals surface area contributed by atoms with E-state index in [4.69, 9.17) is 0 Å². The monoisotopic (exact) mass is 423 g/mol. The zero-order valence-corrected chi connectivity index (χ0v) is 17.4. The molecule has 164 valence electrons. The number of nitrogens with one attached hydrogen (secondary N) is 3. The van der Waals surface area contributed by atoms with Crippen molar-refractivity contribution in [2.45, 2.75) is 24.7 Å². The van der Waals surface area contributed by atoms with Gasteiger partial charge < -0.3 is 26.2 Å². The molecule has 7 nitrogen and oxygen atoms in total. The summed E-state index contributed by atoms with van der Waals surface area (Å²) < 4.78 is 0. The van der Waals surface area contributed by atoms with Crippen LogP contribution < -0.4 is 16.0 Å². The summed E-state index contributed by atoms with van der Waals surface area (Å²) in [5, 5.41) is 29.2. The number of aliphatic carboxylic acids is 2. The summed E-state index contributed by atoms with van der Waals surface area (Å²) >= 11 is 0. The lowest BCUT2D eigenvalue weighted by Crippen LogP contribution is -2.38. The molecule has 0 radical (unpaired) electrons. The molecular weight excluding hydrogens is 394 g/mol. The van der Waals surface area contributed by atoms with Gasteiger partial charge in [0.25, 0.3) is 0 Å². The fraction of sp³-hybridized carbons (Fsp3) is 0.417. The molecule has 7 heteroatoms. The number of anilines is 2. The van der Waals surface area contributed by atoms with Crippen molar-refractivity contribution in [3.8, 4) is 0 Å². The van der Waals surface area contributed by atoms with Crippen LogP contribution in [-0.4, -0.2) is 48.3 Å². The van der Waals surface area contributed by atoms with Gasteiger partial charge in [-0.3, -0.25) is 9.59 Å². The van der Waals surface area contributed by atoms with E-state index in [-0.39, 0.29) is 23.7 Å². The zero-order chi connectivity index (χ0) is 21.8. The Morgan fingerprint density at radius 2 is 1.23 bits per heavy atom. The van der Waals surface area contributed by atoms with Gasteiger partial charge in [0.05, 0.1) is 11.8 Å². The van der Waals surface area contributed by atoms with Crippen LogP contribution in [0.15, 0.2) is 48.5 Å². The van der Waals surface area contributed by atoms with Crippen LogP contribution >= 0.6 is 0 Å². The van der Waals surface area contributed by atoms with E-state index in [0.717, 1.165) is 35.6 Å². The third-order valence-electron chi connectivity index (χ3n) is 6.52.